The second kappa shape index (κ2) is 4.01. The van der Waals surface area contributed by atoms with E-state index in [1.165, 1.54) is 18.3 Å². The second-order valence-electron chi connectivity index (χ2n) is 2.91. The number of sulfonamides is 1. The molecule has 0 radical (unpaired) electrons. The standard InChI is InChI=1S/C9H10N2O3S/c12-15(13,9-5-2-1-3-6-9)10-11-7-4-8-14-11/h1-7,10H,8H2. The van der Waals surface area contributed by atoms with Gasteiger partial charge in [-0.3, -0.25) is 4.84 Å². The Morgan fingerprint density at radius 3 is 2.60 bits per heavy atom. The average molecular weight is 226 g/mol. The second-order valence-corrected chi connectivity index (χ2v) is 4.57. The van der Waals surface area contributed by atoms with E-state index in [0.717, 1.165) is 5.17 Å². The Labute approximate surface area is 87.9 Å². The van der Waals surface area contributed by atoms with Crippen molar-refractivity contribution in [2.75, 3.05) is 6.61 Å². The summed E-state index contributed by atoms with van der Waals surface area (Å²) in [5, 5.41) is 1.07. The Hall–Kier alpha value is -1.37. The van der Waals surface area contributed by atoms with Crippen LogP contribution in [0.2, 0.25) is 0 Å². The number of hydrogen-bond acceptors (Lipinski definition) is 4. The van der Waals surface area contributed by atoms with Crippen LogP contribution in [0, 0.1) is 0 Å². The quantitative estimate of drug-likeness (QED) is 0.821. The Morgan fingerprint density at radius 2 is 2.00 bits per heavy atom. The zero-order chi connectivity index (χ0) is 10.7. The minimum atomic E-state index is -3.54. The molecule has 1 aromatic carbocycles. The van der Waals surface area contributed by atoms with Crippen LogP contribution in [0.15, 0.2) is 47.5 Å². The maximum atomic E-state index is 11.7. The van der Waals surface area contributed by atoms with Gasteiger partial charge in [-0.25, -0.2) is 8.42 Å². The summed E-state index contributed by atoms with van der Waals surface area (Å²) in [6, 6.07) is 8.11. The first-order valence-electron chi connectivity index (χ1n) is 4.35. The monoisotopic (exact) mass is 226 g/mol. The molecule has 0 atom stereocenters. The molecule has 1 heterocycles. The lowest BCUT2D eigenvalue weighted by Crippen LogP contribution is -2.36. The van der Waals surface area contributed by atoms with Crippen molar-refractivity contribution in [2.45, 2.75) is 4.90 Å². The Morgan fingerprint density at radius 1 is 1.27 bits per heavy atom. The van der Waals surface area contributed by atoms with Crippen LogP contribution in [-0.4, -0.2) is 20.2 Å². The van der Waals surface area contributed by atoms with E-state index in [1.54, 1.807) is 24.3 Å². The van der Waals surface area contributed by atoms with Gasteiger partial charge in [-0.2, -0.15) is 5.17 Å². The lowest BCUT2D eigenvalue weighted by Gasteiger charge is -2.15. The van der Waals surface area contributed by atoms with Gasteiger partial charge in [0.2, 0.25) is 0 Å². The highest BCUT2D eigenvalue weighted by Crippen LogP contribution is 2.09. The van der Waals surface area contributed by atoms with E-state index in [0.29, 0.717) is 6.61 Å². The van der Waals surface area contributed by atoms with Crippen molar-refractivity contribution in [2.24, 2.45) is 0 Å². The van der Waals surface area contributed by atoms with Gasteiger partial charge in [0.05, 0.1) is 11.5 Å². The molecular weight excluding hydrogens is 216 g/mol. The maximum Gasteiger partial charge on any atom is 0.259 e. The molecule has 0 amide bonds. The highest BCUT2D eigenvalue weighted by Gasteiger charge is 2.17. The van der Waals surface area contributed by atoms with Gasteiger partial charge in [-0.1, -0.05) is 23.0 Å². The topological polar surface area (TPSA) is 58.6 Å². The number of hydrazine groups is 1. The van der Waals surface area contributed by atoms with Crippen molar-refractivity contribution in [3.05, 3.63) is 42.6 Å². The molecule has 80 valence electrons. The number of hydroxylamine groups is 1. The summed E-state index contributed by atoms with van der Waals surface area (Å²) >= 11 is 0. The molecule has 1 aliphatic heterocycles. The fraction of sp³-hybridized carbons (Fsp3) is 0.111. The first kappa shape index (κ1) is 10.2. The third-order valence-electron chi connectivity index (χ3n) is 1.81. The summed E-state index contributed by atoms with van der Waals surface area (Å²) in [6.07, 6.45) is 3.22. The predicted molar refractivity (Wildman–Crippen MR) is 53.7 cm³/mol. The molecule has 0 unspecified atom stereocenters. The van der Waals surface area contributed by atoms with Crippen molar-refractivity contribution in [3.8, 4) is 0 Å². The van der Waals surface area contributed by atoms with Crippen LogP contribution in [-0.2, 0) is 14.9 Å². The van der Waals surface area contributed by atoms with Gasteiger partial charge >= 0.3 is 0 Å². The zero-order valence-electron chi connectivity index (χ0n) is 7.83. The van der Waals surface area contributed by atoms with E-state index in [4.69, 9.17) is 4.84 Å². The lowest BCUT2D eigenvalue weighted by atomic mass is 10.4. The molecular formula is C9H10N2O3S. The number of rotatable bonds is 3. The van der Waals surface area contributed by atoms with E-state index in [-0.39, 0.29) is 4.90 Å². The third kappa shape index (κ3) is 2.35. The first-order chi connectivity index (χ1) is 7.18. The molecule has 5 nitrogen and oxygen atoms in total. The molecule has 0 saturated heterocycles. The molecule has 0 aliphatic carbocycles. The molecule has 6 heteroatoms. The van der Waals surface area contributed by atoms with Crippen molar-refractivity contribution in [1.29, 1.82) is 0 Å². The van der Waals surface area contributed by atoms with Crippen LogP contribution in [0.25, 0.3) is 0 Å². The van der Waals surface area contributed by atoms with Crippen molar-refractivity contribution in [1.82, 2.24) is 10.0 Å². The van der Waals surface area contributed by atoms with Crippen molar-refractivity contribution in [3.63, 3.8) is 0 Å². The number of hydrogen-bond donors (Lipinski definition) is 1. The van der Waals surface area contributed by atoms with Crippen LogP contribution in [0.5, 0.6) is 0 Å². The normalized spacial score (nSPS) is 15.9. The molecule has 0 spiro atoms. The van der Waals surface area contributed by atoms with E-state index >= 15 is 0 Å². The molecule has 1 aliphatic rings. The van der Waals surface area contributed by atoms with Gasteiger partial charge in [-0.05, 0) is 18.2 Å². The molecule has 0 saturated carbocycles. The summed E-state index contributed by atoms with van der Waals surface area (Å²) < 4.78 is 23.4. The minimum Gasteiger partial charge on any atom is -0.253 e. The number of nitrogens with zero attached hydrogens (tertiary/aromatic N) is 1. The van der Waals surface area contributed by atoms with Gasteiger partial charge in [0, 0.05) is 6.20 Å². The molecule has 0 fully saturated rings. The predicted octanol–water partition coefficient (Wildman–Crippen LogP) is 0.641. The van der Waals surface area contributed by atoms with Gasteiger partial charge in [0.1, 0.15) is 0 Å². The van der Waals surface area contributed by atoms with E-state index in [9.17, 15) is 8.42 Å². The molecule has 15 heavy (non-hydrogen) atoms. The first-order valence-corrected chi connectivity index (χ1v) is 5.83. The van der Waals surface area contributed by atoms with Crippen LogP contribution >= 0.6 is 0 Å². The summed E-state index contributed by atoms with van der Waals surface area (Å²) in [7, 11) is -3.54. The summed E-state index contributed by atoms with van der Waals surface area (Å²) in [5.74, 6) is 0. The number of nitrogens with one attached hydrogen (secondary N) is 1. The fourth-order valence-corrected chi connectivity index (χ4v) is 2.10. The smallest absolute Gasteiger partial charge is 0.253 e. The zero-order valence-corrected chi connectivity index (χ0v) is 8.65. The van der Waals surface area contributed by atoms with Crippen molar-refractivity contribution >= 4 is 10.0 Å². The lowest BCUT2D eigenvalue weighted by molar-refractivity contribution is -0.109. The number of benzene rings is 1. The molecule has 1 N–H and O–H groups in total. The summed E-state index contributed by atoms with van der Waals surface area (Å²) in [6.45, 7) is 0.372. The Bertz CT molecular complexity index is 456. The van der Waals surface area contributed by atoms with Gasteiger partial charge in [0.15, 0.2) is 0 Å². The molecule has 0 aromatic heterocycles. The van der Waals surface area contributed by atoms with E-state index < -0.39 is 10.0 Å². The molecule has 0 bridgehead atoms. The summed E-state index contributed by atoms with van der Waals surface area (Å²) in [4.78, 5) is 7.41. The van der Waals surface area contributed by atoms with Crippen LogP contribution < -0.4 is 4.83 Å². The fourth-order valence-electron chi connectivity index (χ4n) is 1.13. The van der Waals surface area contributed by atoms with Crippen LogP contribution in [0.4, 0.5) is 0 Å². The van der Waals surface area contributed by atoms with Gasteiger partial charge < -0.3 is 0 Å². The third-order valence-corrected chi connectivity index (χ3v) is 3.13. The Balaban J connectivity index is 2.17. The van der Waals surface area contributed by atoms with Gasteiger partial charge in [-0.15, -0.1) is 0 Å². The van der Waals surface area contributed by atoms with Crippen LogP contribution in [0.3, 0.4) is 0 Å². The Kier molecular flexibility index (Phi) is 2.72. The SMILES string of the molecule is O=S(=O)(NN1C=CCO1)c1ccccc1. The average Bonchev–Trinajstić information content (AvgIpc) is 2.71. The largest absolute Gasteiger partial charge is 0.259 e. The van der Waals surface area contributed by atoms with Crippen LogP contribution in [0.1, 0.15) is 0 Å². The minimum absolute atomic E-state index is 0.203. The van der Waals surface area contributed by atoms with Crippen molar-refractivity contribution < 1.29 is 13.3 Å². The molecule has 2 rings (SSSR count). The summed E-state index contributed by atoms with van der Waals surface area (Å²) in [5.41, 5.74) is 0. The van der Waals surface area contributed by atoms with E-state index in [1.807, 2.05) is 0 Å². The highest BCUT2D eigenvalue weighted by molar-refractivity contribution is 7.89. The van der Waals surface area contributed by atoms with Gasteiger partial charge in [0.25, 0.3) is 10.0 Å². The highest BCUT2D eigenvalue weighted by atomic mass is 32.2. The molecule has 1 aromatic rings. The maximum absolute atomic E-state index is 11.7. The van der Waals surface area contributed by atoms with E-state index in [2.05, 4.69) is 4.83 Å².